The number of thiophene rings is 1. The third-order valence-electron chi connectivity index (χ3n) is 9.09. The van der Waals surface area contributed by atoms with Gasteiger partial charge in [-0.2, -0.15) is 5.26 Å². The number of hydrogen-bond donors (Lipinski definition) is 1. The number of hydrogen-bond acceptors (Lipinski definition) is 10. The van der Waals surface area contributed by atoms with Crippen LogP contribution in [0.3, 0.4) is 0 Å². The second-order valence-electron chi connectivity index (χ2n) is 11.0. The Morgan fingerprint density at radius 2 is 1.93 bits per heavy atom. The highest BCUT2D eigenvalue weighted by Gasteiger charge is 2.50. The van der Waals surface area contributed by atoms with Crippen LogP contribution >= 0.6 is 11.3 Å². The van der Waals surface area contributed by atoms with Gasteiger partial charge in [-0.25, -0.2) is 18.7 Å². The summed E-state index contributed by atoms with van der Waals surface area (Å²) in [5.41, 5.74) is 8.03. The van der Waals surface area contributed by atoms with Crippen molar-refractivity contribution in [2.45, 2.75) is 57.1 Å². The third kappa shape index (κ3) is 3.23. The second kappa shape index (κ2) is 8.75. The maximum absolute atomic E-state index is 16.6. The predicted molar refractivity (Wildman–Crippen MR) is 146 cm³/mol. The number of rotatable bonds is 3. The molecule has 3 aromatic heterocycles. The van der Waals surface area contributed by atoms with Crippen LogP contribution in [0.4, 0.5) is 19.7 Å². The fourth-order valence-corrected chi connectivity index (χ4v) is 8.11. The normalized spacial score (nSPS) is 25.9. The summed E-state index contributed by atoms with van der Waals surface area (Å²) >= 11 is 0.959. The first-order valence-corrected chi connectivity index (χ1v) is 14.2. The molecule has 2 N–H and O–H groups in total. The molecule has 0 spiro atoms. The minimum absolute atomic E-state index is 0.0932. The first-order chi connectivity index (χ1) is 19.5. The molecule has 4 aliphatic heterocycles. The molecule has 40 heavy (non-hydrogen) atoms. The van der Waals surface area contributed by atoms with Crippen molar-refractivity contribution in [2.75, 3.05) is 30.4 Å². The summed E-state index contributed by atoms with van der Waals surface area (Å²) in [6.45, 7) is 4.94. The van der Waals surface area contributed by atoms with Crippen LogP contribution in [0.15, 0.2) is 12.4 Å². The molecular weight excluding hydrogens is 536 g/mol. The number of morpholine rings is 1. The molecule has 7 heterocycles. The predicted octanol–water partition coefficient (Wildman–Crippen LogP) is 4.11. The molecule has 0 aliphatic carbocycles. The van der Waals surface area contributed by atoms with Gasteiger partial charge >= 0.3 is 0 Å². The molecule has 2 unspecified atom stereocenters. The summed E-state index contributed by atoms with van der Waals surface area (Å²) in [7, 11) is 0. The molecule has 0 saturated carbocycles. The van der Waals surface area contributed by atoms with Crippen molar-refractivity contribution in [3.05, 3.63) is 40.7 Å². The lowest BCUT2D eigenvalue weighted by atomic mass is 9.87. The number of nitrogen functional groups attached to an aromatic ring is 1. The van der Waals surface area contributed by atoms with Crippen molar-refractivity contribution >= 4 is 43.3 Å². The third-order valence-corrected chi connectivity index (χ3v) is 10.1. The Bertz CT molecular complexity index is 1760. The Hall–Kier alpha value is -3.50. The highest BCUT2D eigenvalue weighted by atomic mass is 32.1. The van der Waals surface area contributed by atoms with Crippen LogP contribution in [-0.2, 0) is 22.7 Å². The zero-order valence-corrected chi connectivity index (χ0v) is 22.5. The van der Waals surface area contributed by atoms with E-state index in [0.717, 1.165) is 49.3 Å². The number of halogens is 2. The molecule has 0 amide bonds. The minimum Gasteiger partial charge on any atom is -0.389 e. The van der Waals surface area contributed by atoms with Gasteiger partial charge in [0.25, 0.3) is 0 Å². The molecule has 3 saturated heterocycles. The van der Waals surface area contributed by atoms with E-state index in [1.165, 1.54) is 6.42 Å². The number of ether oxygens (including phenoxy) is 2. The highest BCUT2D eigenvalue weighted by molar-refractivity contribution is 7.23. The van der Waals surface area contributed by atoms with Crippen LogP contribution in [0.25, 0.3) is 32.2 Å². The molecule has 204 valence electrons. The summed E-state index contributed by atoms with van der Waals surface area (Å²) in [4.78, 5) is 18.5. The lowest BCUT2D eigenvalue weighted by Gasteiger charge is -2.56. The Morgan fingerprint density at radius 3 is 2.70 bits per heavy atom. The number of benzene rings is 1. The SMILES string of the molecule is C[C@H]1[C@@H](N2C3COCC2C3)CCN1c1ncc2c3c(c(-c4ncc(F)c5sc(N)c(C#N)c45)c(F)c2n1)COC3. The molecule has 8 rings (SSSR count). The molecule has 1 aromatic carbocycles. The first kappa shape index (κ1) is 24.3. The molecule has 4 aliphatic rings. The van der Waals surface area contributed by atoms with Gasteiger partial charge in [-0.05, 0) is 30.9 Å². The van der Waals surface area contributed by atoms with Crippen LogP contribution in [-0.4, -0.2) is 63.8 Å². The Kier molecular flexibility index (Phi) is 5.32. The van der Waals surface area contributed by atoms with Crippen molar-refractivity contribution in [1.82, 2.24) is 19.9 Å². The van der Waals surface area contributed by atoms with E-state index in [-0.39, 0.29) is 56.7 Å². The second-order valence-corrected chi connectivity index (χ2v) is 12.1. The Balaban J connectivity index is 1.27. The Labute approximate surface area is 232 Å². The highest BCUT2D eigenvalue weighted by Crippen LogP contribution is 2.45. The average Bonchev–Trinajstić information content (AvgIpc) is 3.68. The summed E-state index contributed by atoms with van der Waals surface area (Å²) < 4.78 is 43.0. The number of anilines is 2. The number of nitriles is 1. The van der Waals surface area contributed by atoms with Crippen LogP contribution in [0.5, 0.6) is 0 Å². The number of nitrogens with zero attached hydrogens (tertiary/aromatic N) is 6. The number of pyridine rings is 1. The molecule has 2 bridgehead atoms. The van der Waals surface area contributed by atoms with Crippen molar-refractivity contribution in [3.8, 4) is 17.3 Å². The van der Waals surface area contributed by atoms with E-state index in [2.05, 4.69) is 26.7 Å². The zero-order chi connectivity index (χ0) is 27.3. The number of nitrogens with two attached hydrogens (primary N) is 1. The largest absolute Gasteiger partial charge is 0.389 e. The molecule has 4 aromatic rings. The molecule has 4 atom stereocenters. The van der Waals surface area contributed by atoms with Gasteiger partial charge in [0.2, 0.25) is 5.95 Å². The maximum Gasteiger partial charge on any atom is 0.226 e. The van der Waals surface area contributed by atoms with Gasteiger partial charge in [0.05, 0.1) is 48.6 Å². The Morgan fingerprint density at radius 1 is 1.12 bits per heavy atom. The average molecular weight is 562 g/mol. The fraction of sp³-hybridized carbons (Fsp3) is 0.429. The molecule has 9 nitrogen and oxygen atoms in total. The van der Waals surface area contributed by atoms with Crippen molar-refractivity contribution in [2.24, 2.45) is 0 Å². The van der Waals surface area contributed by atoms with E-state index in [1.807, 2.05) is 6.07 Å². The molecule has 3 fully saturated rings. The lowest BCUT2D eigenvalue weighted by molar-refractivity contribution is -0.147. The number of aromatic nitrogens is 3. The summed E-state index contributed by atoms with van der Waals surface area (Å²) in [5.74, 6) is -0.719. The van der Waals surface area contributed by atoms with Gasteiger partial charge in [0, 0.05) is 53.2 Å². The van der Waals surface area contributed by atoms with E-state index in [9.17, 15) is 9.65 Å². The van der Waals surface area contributed by atoms with E-state index >= 15 is 4.39 Å². The van der Waals surface area contributed by atoms with Crippen LogP contribution < -0.4 is 10.6 Å². The van der Waals surface area contributed by atoms with Gasteiger partial charge in [-0.1, -0.05) is 0 Å². The van der Waals surface area contributed by atoms with Gasteiger partial charge in [0.15, 0.2) is 11.6 Å². The summed E-state index contributed by atoms with van der Waals surface area (Å²) in [6.07, 6.45) is 4.90. The van der Waals surface area contributed by atoms with E-state index in [1.54, 1.807) is 6.20 Å². The summed E-state index contributed by atoms with van der Waals surface area (Å²) in [6, 6.07) is 3.51. The van der Waals surface area contributed by atoms with Crippen LogP contribution in [0.1, 0.15) is 36.5 Å². The molecular formula is C28H25F2N7O2S. The van der Waals surface area contributed by atoms with Crippen molar-refractivity contribution < 1.29 is 18.3 Å². The first-order valence-electron chi connectivity index (χ1n) is 13.4. The smallest absolute Gasteiger partial charge is 0.226 e. The zero-order valence-electron chi connectivity index (χ0n) is 21.7. The van der Waals surface area contributed by atoms with E-state index < -0.39 is 11.6 Å². The van der Waals surface area contributed by atoms with Gasteiger partial charge in [0.1, 0.15) is 16.6 Å². The quantitative estimate of drug-likeness (QED) is 0.395. The van der Waals surface area contributed by atoms with Gasteiger partial charge in [-0.3, -0.25) is 9.88 Å². The van der Waals surface area contributed by atoms with Gasteiger partial charge in [-0.15, -0.1) is 11.3 Å². The van der Waals surface area contributed by atoms with E-state index in [4.69, 9.17) is 20.2 Å². The van der Waals surface area contributed by atoms with Crippen LogP contribution in [0, 0.1) is 23.0 Å². The van der Waals surface area contributed by atoms with Crippen molar-refractivity contribution in [1.29, 1.82) is 5.26 Å². The monoisotopic (exact) mass is 561 g/mol. The lowest BCUT2D eigenvalue weighted by Crippen LogP contribution is -2.68. The van der Waals surface area contributed by atoms with Gasteiger partial charge < -0.3 is 20.1 Å². The van der Waals surface area contributed by atoms with Crippen molar-refractivity contribution in [3.63, 3.8) is 0 Å². The minimum atomic E-state index is -0.605. The number of fused-ring (bicyclic) bond motifs is 6. The standard InChI is InChI=1S/C28H25F2N7O2S/c1-12-20(37-13-4-14(37)9-38-8-13)2-3-36(12)28-34-6-16-17-10-39-11-18(17)21(23(30)24(16)35-28)25-22-15(5-31)27(32)40-26(22)19(29)7-33-25/h6-7,12-14,20H,2-4,8-11,32H2,1H3/t12-,13?,14?,20-/m0/s1. The fourth-order valence-electron chi connectivity index (χ4n) is 7.19. The summed E-state index contributed by atoms with van der Waals surface area (Å²) in [5, 5.41) is 10.8. The van der Waals surface area contributed by atoms with Crippen LogP contribution in [0.2, 0.25) is 0 Å². The van der Waals surface area contributed by atoms with E-state index in [0.29, 0.717) is 35.0 Å². The maximum atomic E-state index is 16.6. The topological polar surface area (TPSA) is 113 Å². The molecule has 12 heteroatoms. The molecule has 0 radical (unpaired) electrons.